The van der Waals surface area contributed by atoms with E-state index in [1.54, 1.807) is 12.1 Å². The van der Waals surface area contributed by atoms with E-state index in [0.29, 0.717) is 0 Å². The van der Waals surface area contributed by atoms with Gasteiger partial charge in [0.1, 0.15) is 11.6 Å². The smallest absolute Gasteiger partial charge is 0.123 e. The first kappa shape index (κ1) is 28.2. The van der Waals surface area contributed by atoms with Gasteiger partial charge in [-0.2, -0.15) is 0 Å². The van der Waals surface area contributed by atoms with Crippen LogP contribution in [0, 0.1) is 11.6 Å². The summed E-state index contributed by atoms with van der Waals surface area (Å²) in [5.74, 6) is -0.540. The van der Waals surface area contributed by atoms with Crippen LogP contribution < -0.4 is 0 Å². The average molecular weight is 585 g/mol. The van der Waals surface area contributed by atoms with Crippen LogP contribution in [-0.2, 0) is 5.41 Å². The molecule has 0 nitrogen and oxygen atoms in total. The molecule has 0 saturated carbocycles. The van der Waals surface area contributed by atoms with Crippen LogP contribution in [0.15, 0.2) is 182 Å². The van der Waals surface area contributed by atoms with Gasteiger partial charge in [-0.25, -0.2) is 8.78 Å². The molecule has 0 aliphatic rings. The Bertz CT molecular complexity index is 1910. The quantitative estimate of drug-likeness (QED) is 0.164. The van der Waals surface area contributed by atoms with Gasteiger partial charge in [0, 0.05) is 0 Å². The van der Waals surface area contributed by atoms with Crippen LogP contribution in [0.4, 0.5) is 8.78 Å². The molecule has 0 unspecified atom stereocenters. The van der Waals surface area contributed by atoms with E-state index in [4.69, 9.17) is 0 Å². The van der Waals surface area contributed by atoms with Crippen molar-refractivity contribution in [2.24, 2.45) is 0 Å². The highest BCUT2D eigenvalue weighted by Gasteiger charge is 2.38. The molecule has 45 heavy (non-hydrogen) atoms. The molecule has 216 valence electrons. The molecule has 0 N–H and O–H groups in total. The topological polar surface area (TPSA) is 0 Å². The van der Waals surface area contributed by atoms with Crippen molar-refractivity contribution in [2.45, 2.75) is 5.41 Å². The van der Waals surface area contributed by atoms with Gasteiger partial charge in [-0.15, -0.1) is 0 Å². The predicted molar refractivity (Wildman–Crippen MR) is 181 cm³/mol. The molecule has 0 fully saturated rings. The molecule has 7 aromatic carbocycles. The fourth-order valence-electron chi connectivity index (χ4n) is 6.34. The Balaban J connectivity index is 1.44. The largest absolute Gasteiger partial charge is 0.207 e. The Hall–Kier alpha value is -5.60. The van der Waals surface area contributed by atoms with E-state index in [0.717, 1.165) is 55.6 Å². The van der Waals surface area contributed by atoms with Gasteiger partial charge in [0.25, 0.3) is 0 Å². The van der Waals surface area contributed by atoms with Crippen LogP contribution >= 0.6 is 0 Å². The second-order valence-electron chi connectivity index (χ2n) is 11.2. The summed E-state index contributed by atoms with van der Waals surface area (Å²) >= 11 is 0. The molecule has 0 aliphatic heterocycles. The molecule has 0 spiro atoms. The third-order valence-electron chi connectivity index (χ3n) is 8.62. The molecule has 7 rings (SSSR count). The van der Waals surface area contributed by atoms with Crippen LogP contribution in [0.5, 0.6) is 0 Å². The van der Waals surface area contributed by atoms with Crippen molar-refractivity contribution in [1.29, 1.82) is 0 Å². The Morgan fingerprint density at radius 3 is 0.778 bits per heavy atom. The molecule has 0 amide bonds. The highest BCUT2D eigenvalue weighted by atomic mass is 19.1. The van der Waals surface area contributed by atoms with Crippen molar-refractivity contribution in [2.75, 3.05) is 0 Å². The summed E-state index contributed by atoms with van der Waals surface area (Å²) in [5, 5.41) is 0. The molecule has 2 heteroatoms. The maximum Gasteiger partial charge on any atom is 0.123 e. The van der Waals surface area contributed by atoms with Gasteiger partial charge in [0.2, 0.25) is 0 Å². The lowest BCUT2D eigenvalue weighted by Crippen LogP contribution is -2.31. The van der Waals surface area contributed by atoms with E-state index in [2.05, 4.69) is 97.1 Å². The van der Waals surface area contributed by atoms with Crippen molar-refractivity contribution in [1.82, 2.24) is 0 Å². The lowest BCUT2D eigenvalue weighted by molar-refractivity contribution is 0.624. The van der Waals surface area contributed by atoms with Gasteiger partial charge in [-0.3, -0.25) is 0 Å². The molecule has 7 aromatic rings. The summed E-state index contributed by atoms with van der Waals surface area (Å²) in [6.45, 7) is 0. The van der Waals surface area contributed by atoms with E-state index in [1.807, 2.05) is 48.5 Å². The van der Waals surface area contributed by atoms with Gasteiger partial charge < -0.3 is 0 Å². The van der Waals surface area contributed by atoms with E-state index in [1.165, 1.54) is 24.3 Å². The summed E-state index contributed by atoms with van der Waals surface area (Å²) in [4.78, 5) is 0. The number of rotatable bonds is 7. The van der Waals surface area contributed by atoms with Crippen molar-refractivity contribution in [3.8, 4) is 33.4 Å². The van der Waals surface area contributed by atoms with Gasteiger partial charge in [-0.1, -0.05) is 158 Å². The number of halogens is 2. The first-order valence-electron chi connectivity index (χ1n) is 15.1. The minimum atomic E-state index is -0.751. The number of hydrogen-bond donors (Lipinski definition) is 0. The minimum Gasteiger partial charge on any atom is -0.207 e. The lowest BCUT2D eigenvalue weighted by Gasteiger charge is -2.37. The zero-order valence-electron chi connectivity index (χ0n) is 24.6. The van der Waals surface area contributed by atoms with Crippen LogP contribution in [0.1, 0.15) is 22.3 Å². The Morgan fingerprint density at radius 2 is 0.467 bits per heavy atom. The second kappa shape index (κ2) is 12.2. The normalized spacial score (nSPS) is 11.3. The van der Waals surface area contributed by atoms with Crippen LogP contribution in [0.2, 0.25) is 0 Å². The van der Waals surface area contributed by atoms with Crippen LogP contribution in [-0.4, -0.2) is 0 Å². The Morgan fingerprint density at radius 1 is 0.244 bits per heavy atom. The highest BCUT2D eigenvalue weighted by Crippen LogP contribution is 2.46. The molecular weight excluding hydrogens is 554 g/mol. The third kappa shape index (κ3) is 5.47. The predicted octanol–water partition coefficient (Wildman–Crippen LogP) is 11.3. The summed E-state index contributed by atoms with van der Waals surface area (Å²) in [6.07, 6.45) is 0. The molecule has 0 heterocycles. The molecule has 0 saturated heterocycles. The zero-order chi connectivity index (χ0) is 30.6. The van der Waals surface area contributed by atoms with Gasteiger partial charge in [0.15, 0.2) is 0 Å². The van der Waals surface area contributed by atoms with E-state index >= 15 is 0 Å². The van der Waals surface area contributed by atoms with E-state index in [-0.39, 0.29) is 11.6 Å². The molecular formula is C43H30F2. The van der Waals surface area contributed by atoms with Gasteiger partial charge in [0.05, 0.1) is 5.41 Å². The van der Waals surface area contributed by atoms with Gasteiger partial charge in [-0.05, 0) is 79.9 Å². The van der Waals surface area contributed by atoms with Crippen molar-refractivity contribution in [3.05, 3.63) is 216 Å². The fraction of sp³-hybridized carbons (Fsp3) is 0.0233. The molecule has 0 atom stereocenters. The Kier molecular flexibility index (Phi) is 7.63. The zero-order valence-corrected chi connectivity index (χ0v) is 24.6. The van der Waals surface area contributed by atoms with Crippen molar-refractivity contribution < 1.29 is 8.78 Å². The molecule has 0 aromatic heterocycles. The minimum absolute atomic E-state index is 0.261. The second-order valence-corrected chi connectivity index (χ2v) is 11.2. The first-order valence-corrected chi connectivity index (χ1v) is 15.1. The number of benzene rings is 7. The summed E-state index contributed by atoms with van der Waals surface area (Å²) < 4.78 is 28.1. The third-order valence-corrected chi connectivity index (χ3v) is 8.62. The summed E-state index contributed by atoms with van der Waals surface area (Å²) in [7, 11) is 0. The van der Waals surface area contributed by atoms with E-state index in [9.17, 15) is 8.78 Å². The maximum absolute atomic E-state index is 14.4. The van der Waals surface area contributed by atoms with Crippen molar-refractivity contribution >= 4 is 0 Å². The average Bonchev–Trinajstić information content (AvgIpc) is 3.11. The fourth-order valence-corrected chi connectivity index (χ4v) is 6.34. The lowest BCUT2D eigenvalue weighted by atomic mass is 9.64. The molecule has 0 radical (unpaired) electrons. The summed E-state index contributed by atoms with van der Waals surface area (Å²) in [6, 6.07) is 59.9. The standard InChI is InChI=1S/C43H30F2/c44-41-27-17-36(18-28-41)35-15-23-39(24-16-35)43(40-25-29-42(45)30-26-40,37-19-11-33(12-20-37)31-7-3-1-4-8-31)38-21-13-34(14-22-38)32-9-5-2-6-10-32/h1-30H. The highest BCUT2D eigenvalue weighted by molar-refractivity contribution is 5.70. The van der Waals surface area contributed by atoms with E-state index < -0.39 is 5.41 Å². The number of hydrogen-bond acceptors (Lipinski definition) is 0. The summed E-state index contributed by atoms with van der Waals surface area (Å²) in [5.41, 5.74) is 9.85. The maximum atomic E-state index is 14.4. The van der Waals surface area contributed by atoms with Crippen LogP contribution in [0.3, 0.4) is 0 Å². The SMILES string of the molecule is Fc1ccc(-c2ccc(C(c3ccc(F)cc3)(c3ccc(-c4ccccc4)cc3)c3ccc(-c4ccccc4)cc3)cc2)cc1. The molecule has 0 bridgehead atoms. The Labute approximate surface area is 262 Å². The first-order chi connectivity index (χ1) is 22.1. The monoisotopic (exact) mass is 584 g/mol. The van der Waals surface area contributed by atoms with Crippen LogP contribution in [0.25, 0.3) is 33.4 Å². The van der Waals surface area contributed by atoms with Crippen molar-refractivity contribution in [3.63, 3.8) is 0 Å². The molecule has 0 aliphatic carbocycles. The van der Waals surface area contributed by atoms with Gasteiger partial charge >= 0.3 is 0 Å².